The van der Waals surface area contributed by atoms with Gasteiger partial charge in [-0.2, -0.15) is 0 Å². The number of aliphatic hydroxyl groups excluding tert-OH is 2. The van der Waals surface area contributed by atoms with E-state index < -0.39 is 12.1 Å². The number of unbranched alkanes of at least 4 members (excludes halogenated alkanes) is 53. The molecule has 0 saturated carbocycles. The van der Waals surface area contributed by atoms with Crippen molar-refractivity contribution in [2.75, 3.05) is 13.2 Å². The number of rotatable bonds is 68. The normalized spacial score (nSPS) is 12.7. The van der Waals surface area contributed by atoms with Gasteiger partial charge in [0.05, 0.1) is 25.4 Å². The number of hydrogen-bond donors (Lipinski definition) is 3. The molecular formula is C74H141NO5. The second-order valence-electron chi connectivity index (χ2n) is 24.9. The van der Waals surface area contributed by atoms with Crippen LogP contribution in [0.4, 0.5) is 0 Å². The minimum Gasteiger partial charge on any atom is -0.466 e. The molecule has 0 aromatic rings. The standard InChI is InChI=1S/C74H141NO5/c1-3-5-7-9-11-13-15-17-43-46-50-54-58-62-66-72(77)71(70-76)75-73(78)67-63-59-55-51-47-44-41-39-37-35-33-31-29-27-25-23-21-19-18-20-22-24-26-28-30-32-34-36-38-40-42-45-49-53-57-61-65-69-80-74(79)68-64-60-56-52-48-16-14-12-10-8-6-4-2/h18,20,24,26,62,66,71-72,76-77H,3-17,19,21-23,25,27-61,63-65,67-70H2,1-2H3,(H,75,78)/b20-18-,26-24-,66-62+. The fourth-order valence-electron chi connectivity index (χ4n) is 11.4. The van der Waals surface area contributed by atoms with Crippen LogP contribution in [-0.2, 0) is 14.3 Å². The van der Waals surface area contributed by atoms with Crippen molar-refractivity contribution in [1.82, 2.24) is 5.32 Å². The van der Waals surface area contributed by atoms with Crippen LogP contribution in [0.25, 0.3) is 0 Å². The summed E-state index contributed by atoms with van der Waals surface area (Å²) in [4.78, 5) is 24.5. The van der Waals surface area contributed by atoms with Crippen LogP contribution >= 0.6 is 0 Å². The molecule has 0 aromatic heterocycles. The lowest BCUT2D eigenvalue weighted by atomic mass is 10.0. The van der Waals surface area contributed by atoms with Gasteiger partial charge in [0.25, 0.3) is 0 Å². The molecule has 0 rings (SSSR count). The minimum atomic E-state index is -0.842. The van der Waals surface area contributed by atoms with Gasteiger partial charge in [-0.1, -0.05) is 359 Å². The molecule has 0 bridgehead atoms. The average Bonchev–Trinajstić information content (AvgIpc) is 3.46. The first-order valence-corrected chi connectivity index (χ1v) is 36.3. The summed E-state index contributed by atoms with van der Waals surface area (Å²) in [7, 11) is 0. The predicted molar refractivity (Wildman–Crippen MR) is 352 cm³/mol. The van der Waals surface area contributed by atoms with E-state index in [4.69, 9.17) is 4.74 Å². The molecule has 0 saturated heterocycles. The zero-order valence-electron chi connectivity index (χ0n) is 54.1. The van der Waals surface area contributed by atoms with Crippen molar-refractivity contribution in [2.24, 2.45) is 0 Å². The van der Waals surface area contributed by atoms with E-state index >= 15 is 0 Å². The quantitative estimate of drug-likeness (QED) is 0.0320. The lowest BCUT2D eigenvalue weighted by Gasteiger charge is -2.20. The number of allylic oxidation sites excluding steroid dienone is 5. The Hall–Kier alpha value is -1.92. The first kappa shape index (κ1) is 78.1. The van der Waals surface area contributed by atoms with Gasteiger partial charge in [-0.15, -0.1) is 0 Å². The number of carbonyl (C=O) groups is 2. The summed E-state index contributed by atoms with van der Waals surface area (Å²) in [5.41, 5.74) is 0. The summed E-state index contributed by atoms with van der Waals surface area (Å²) in [6, 6.07) is -0.625. The molecule has 0 radical (unpaired) electrons. The van der Waals surface area contributed by atoms with E-state index in [1.807, 2.05) is 6.08 Å². The molecule has 472 valence electrons. The molecular weight excluding hydrogens is 983 g/mol. The molecule has 6 heteroatoms. The van der Waals surface area contributed by atoms with E-state index in [-0.39, 0.29) is 18.5 Å². The maximum Gasteiger partial charge on any atom is 0.305 e. The average molecular weight is 1120 g/mol. The molecule has 0 heterocycles. The SMILES string of the molecule is CCCCCCCCCCCCCC/C=C/C(O)C(CO)NC(=O)CCCCCCCCCCCCCCCCCCC/C=C\C/C=C\CCCCCCCCCCCCCCCOC(=O)CCCCCCCCCCCCCC. The number of hydrogen-bond acceptors (Lipinski definition) is 5. The molecule has 6 nitrogen and oxygen atoms in total. The van der Waals surface area contributed by atoms with Gasteiger partial charge in [0.2, 0.25) is 5.91 Å². The maximum atomic E-state index is 12.5. The number of aliphatic hydroxyl groups is 2. The topological polar surface area (TPSA) is 95.9 Å². The van der Waals surface area contributed by atoms with Crippen molar-refractivity contribution < 1.29 is 24.5 Å². The van der Waals surface area contributed by atoms with Crippen LogP contribution in [0.3, 0.4) is 0 Å². The van der Waals surface area contributed by atoms with Gasteiger partial charge in [-0.05, 0) is 64.2 Å². The first-order valence-electron chi connectivity index (χ1n) is 36.3. The van der Waals surface area contributed by atoms with Gasteiger partial charge in [0, 0.05) is 12.8 Å². The molecule has 0 aromatic carbocycles. The molecule has 3 N–H and O–H groups in total. The number of nitrogens with one attached hydrogen (secondary N) is 1. The molecule has 0 aliphatic carbocycles. The number of carbonyl (C=O) groups excluding carboxylic acids is 2. The molecule has 0 aliphatic heterocycles. The van der Waals surface area contributed by atoms with Crippen molar-refractivity contribution in [3.63, 3.8) is 0 Å². The third-order valence-electron chi connectivity index (χ3n) is 16.9. The Morgan fingerprint density at radius 2 is 0.625 bits per heavy atom. The van der Waals surface area contributed by atoms with Crippen LogP contribution in [0.5, 0.6) is 0 Å². The smallest absolute Gasteiger partial charge is 0.305 e. The van der Waals surface area contributed by atoms with Crippen LogP contribution < -0.4 is 5.32 Å². The van der Waals surface area contributed by atoms with Crippen molar-refractivity contribution in [2.45, 2.75) is 411 Å². The number of ether oxygens (including phenoxy) is 1. The Balaban J connectivity index is 3.37. The second-order valence-corrected chi connectivity index (χ2v) is 24.9. The highest BCUT2D eigenvalue weighted by Gasteiger charge is 2.18. The van der Waals surface area contributed by atoms with Gasteiger partial charge in [-0.3, -0.25) is 9.59 Å². The highest BCUT2D eigenvalue weighted by molar-refractivity contribution is 5.76. The third-order valence-corrected chi connectivity index (χ3v) is 16.9. The fourth-order valence-corrected chi connectivity index (χ4v) is 11.4. The lowest BCUT2D eigenvalue weighted by Crippen LogP contribution is -2.45. The Labute approximate surface area is 500 Å². The summed E-state index contributed by atoms with van der Waals surface area (Å²) in [5, 5.41) is 23.1. The predicted octanol–water partition coefficient (Wildman–Crippen LogP) is 23.5. The van der Waals surface area contributed by atoms with E-state index in [1.54, 1.807) is 6.08 Å². The van der Waals surface area contributed by atoms with Crippen LogP contribution in [0, 0.1) is 0 Å². The van der Waals surface area contributed by atoms with Gasteiger partial charge in [0.1, 0.15) is 0 Å². The minimum absolute atomic E-state index is 0.0196. The fraction of sp³-hybridized carbons (Fsp3) is 0.892. The Morgan fingerprint density at radius 1 is 0.350 bits per heavy atom. The summed E-state index contributed by atoms with van der Waals surface area (Å²) in [5.74, 6) is -0.0438. The molecule has 0 fully saturated rings. The largest absolute Gasteiger partial charge is 0.466 e. The van der Waals surface area contributed by atoms with E-state index in [1.165, 1.54) is 327 Å². The number of esters is 1. The summed E-state index contributed by atoms with van der Waals surface area (Å²) in [6.07, 6.45) is 89.6. The van der Waals surface area contributed by atoms with Gasteiger partial charge >= 0.3 is 5.97 Å². The third kappa shape index (κ3) is 65.2. The summed E-state index contributed by atoms with van der Waals surface area (Å²) >= 11 is 0. The molecule has 0 spiro atoms. The van der Waals surface area contributed by atoms with Crippen molar-refractivity contribution in [3.05, 3.63) is 36.5 Å². The van der Waals surface area contributed by atoms with E-state index in [0.717, 1.165) is 44.9 Å². The van der Waals surface area contributed by atoms with Crippen molar-refractivity contribution in [1.29, 1.82) is 0 Å². The second kappa shape index (κ2) is 69.6. The molecule has 2 unspecified atom stereocenters. The Morgan fingerprint density at radius 3 is 0.950 bits per heavy atom. The van der Waals surface area contributed by atoms with E-state index in [2.05, 4.69) is 43.5 Å². The number of amides is 1. The molecule has 80 heavy (non-hydrogen) atoms. The highest BCUT2D eigenvalue weighted by atomic mass is 16.5. The van der Waals surface area contributed by atoms with Crippen molar-refractivity contribution in [3.8, 4) is 0 Å². The van der Waals surface area contributed by atoms with Gasteiger partial charge in [-0.25, -0.2) is 0 Å². The summed E-state index contributed by atoms with van der Waals surface area (Å²) in [6.45, 7) is 4.93. The van der Waals surface area contributed by atoms with Crippen LogP contribution in [-0.4, -0.2) is 47.4 Å². The Bertz CT molecular complexity index is 1300. The van der Waals surface area contributed by atoms with Gasteiger partial charge < -0.3 is 20.3 Å². The van der Waals surface area contributed by atoms with E-state index in [9.17, 15) is 19.8 Å². The van der Waals surface area contributed by atoms with Crippen LogP contribution in [0.1, 0.15) is 399 Å². The molecule has 1 amide bonds. The van der Waals surface area contributed by atoms with Crippen molar-refractivity contribution >= 4 is 11.9 Å². The van der Waals surface area contributed by atoms with Gasteiger partial charge in [0.15, 0.2) is 0 Å². The molecule has 0 aliphatic rings. The summed E-state index contributed by atoms with van der Waals surface area (Å²) < 4.78 is 5.48. The Kier molecular flexibility index (Phi) is 67.9. The van der Waals surface area contributed by atoms with E-state index in [0.29, 0.717) is 19.4 Å². The highest BCUT2D eigenvalue weighted by Crippen LogP contribution is 2.19. The zero-order chi connectivity index (χ0) is 57.8. The molecule has 2 atom stereocenters. The lowest BCUT2D eigenvalue weighted by molar-refractivity contribution is -0.143. The van der Waals surface area contributed by atoms with Crippen LogP contribution in [0.2, 0.25) is 0 Å². The maximum absolute atomic E-state index is 12.5. The monoisotopic (exact) mass is 1120 g/mol. The zero-order valence-corrected chi connectivity index (χ0v) is 54.1. The first-order chi connectivity index (χ1) is 39.5. The van der Waals surface area contributed by atoms with Crippen LogP contribution in [0.15, 0.2) is 36.5 Å².